The van der Waals surface area contributed by atoms with Crippen molar-refractivity contribution in [2.24, 2.45) is 5.41 Å². The van der Waals surface area contributed by atoms with E-state index in [0.717, 1.165) is 35.4 Å². The molecule has 0 radical (unpaired) electrons. The minimum absolute atomic E-state index is 0.109. The Morgan fingerprint density at radius 1 is 1.45 bits per heavy atom. The standard InChI is InChI=1S/C16H21N3O2S/c1-4-11-8-12-13(17-10-18-14(12)22-11)19-7-6-16(3,9-19)15(20)21-5-2/h8,10H,4-7,9H2,1-3H3. The molecule has 3 rings (SSSR count). The summed E-state index contributed by atoms with van der Waals surface area (Å²) in [5.41, 5.74) is -0.448. The zero-order valence-electron chi connectivity index (χ0n) is 13.3. The molecule has 5 nitrogen and oxygen atoms in total. The van der Waals surface area contributed by atoms with E-state index < -0.39 is 5.41 Å². The maximum Gasteiger partial charge on any atom is 0.313 e. The van der Waals surface area contributed by atoms with Gasteiger partial charge < -0.3 is 9.64 Å². The molecule has 0 aliphatic carbocycles. The van der Waals surface area contributed by atoms with Gasteiger partial charge in [-0.05, 0) is 32.8 Å². The predicted molar refractivity (Wildman–Crippen MR) is 88.4 cm³/mol. The van der Waals surface area contributed by atoms with Crippen LogP contribution in [0.5, 0.6) is 0 Å². The number of esters is 1. The third-order valence-corrected chi connectivity index (χ3v) is 5.44. The first-order chi connectivity index (χ1) is 10.6. The smallest absolute Gasteiger partial charge is 0.313 e. The van der Waals surface area contributed by atoms with Gasteiger partial charge in [-0.3, -0.25) is 4.79 Å². The number of carbonyl (C=O) groups is 1. The highest BCUT2D eigenvalue weighted by Gasteiger charge is 2.42. The van der Waals surface area contributed by atoms with Gasteiger partial charge in [0.15, 0.2) is 0 Å². The zero-order chi connectivity index (χ0) is 15.7. The Bertz CT molecular complexity index is 700. The molecule has 1 fully saturated rings. The van der Waals surface area contributed by atoms with E-state index in [4.69, 9.17) is 4.74 Å². The summed E-state index contributed by atoms with van der Waals surface area (Å²) in [7, 11) is 0. The van der Waals surface area contributed by atoms with Crippen molar-refractivity contribution < 1.29 is 9.53 Å². The van der Waals surface area contributed by atoms with Gasteiger partial charge in [-0.25, -0.2) is 9.97 Å². The van der Waals surface area contributed by atoms with Gasteiger partial charge in [0.25, 0.3) is 0 Å². The Hall–Kier alpha value is -1.69. The van der Waals surface area contributed by atoms with Crippen LogP contribution in [0.4, 0.5) is 5.82 Å². The number of hydrogen-bond donors (Lipinski definition) is 0. The van der Waals surface area contributed by atoms with Gasteiger partial charge in [-0.2, -0.15) is 0 Å². The molecule has 1 saturated heterocycles. The van der Waals surface area contributed by atoms with Crippen LogP contribution in [0, 0.1) is 5.41 Å². The van der Waals surface area contributed by atoms with Crippen LogP contribution in [0.25, 0.3) is 10.2 Å². The minimum atomic E-state index is -0.448. The Labute approximate surface area is 134 Å². The van der Waals surface area contributed by atoms with E-state index in [1.54, 1.807) is 17.7 Å². The average molecular weight is 319 g/mol. The maximum absolute atomic E-state index is 12.2. The summed E-state index contributed by atoms with van der Waals surface area (Å²) < 4.78 is 5.23. The lowest BCUT2D eigenvalue weighted by molar-refractivity contribution is -0.153. The van der Waals surface area contributed by atoms with Gasteiger partial charge >= 0.3 is 5.97 Å². The Kier molecular flexibility index (Phi) is 4.04. The highest BCUT2D eigenvalue weighted by Crippen LogP contribution is 2.37. The highest BCUT2D eigenvalue weighted by molar-refractivity contribution is 7.18. The molecule has 0 bridgehead atoms. The summed E-state index contributed by atoms with van der Waals surface area (Å²) in [6.07, 6.45) is 3.41. The molecular formula is C16H21N3O2S. The first-order valence-electron chi connectivity index (χ1n) is 7.73. The van der Waals surface area contributed by atoms with Crippen LogP contribution >= 0.6 is 11.3 Å². The fraction of sp³-hybridized carbons (Fsp3) is 0.562. The van der Waals surface area contributed by atoms with Gasteiger partial charge in [0.05, 0.1) is 17.4 Å². The van der Waals surface area contributed by atoms with Crippen LogP contribution in [0.2, 0.25) is 0 Å². The molecule has 1 unspecified atom stereocenters. The maximum atomic E-state index is 12.2. The van der Waals surface area contributed by atoms with Gasteiger partial charge in [0.1, 0.15) is 17.0 Å². The second-order valence-corrected chi connectivity index (χ2v) is 7.05. The van der Waals surface area contributed by atoms with Crippen molar-refractivity contribution in [3.05, 3.63) is 17.3 Å². The van der Waals surface area contributed by atoms with E-state index in [-0.39, 0.29) is 5.97 Å². The monoisotopic (exact) mass is 319 g/mol. The summed E-state index contributed by atoms with van der Waals surface area (Å²) in [5, 5.41) is 1.09. The first kappa shape index (κ1) is 15.2. The predicted octanol–water partition coefficient (Wildman–Crippen LogP) is 3.03. The molecule has 0 aromatic carbocycles. The van der Waals surface area contributed by atoms with Crippen molar-refractivity contribution in [1.82, 2.24) is 9.97 Å². The van der Waals surface area contributed by atoms with Crippen LogP contribution in [-0.4, -0.2) is 35.6 Å². The number of thiophene rings is 1. The van der Waals surface area contributed by atoms with Crippen molar-refractivity contribution in [3.63, 3.8) is 0 Å². The second kappa shape index (κ2) is 5.83. The van der Waals surface area contributed by atoms with Crippen molar-refractivity contribution in [3.8, 4) is 0 Å². The average Bonchev–Trinajstić information content (AvgIpc) is 3.11. The van der Waals surface area contributed by atoms with E-state index in [2.05, 4.69) is 27.9 Å². The molecule has 0 spiro atoms. The molecule has 1 aliphatic rings. The lowest BCUT2D eigenvalue weighted by atomic mass is 9.90. The van der Waals surface area contributed by atoms with Crippen molar-refractivity contribution in [1.29, 1.82) is 0 Å². The third kappa shape index (κ3) is 2.56. The van der Waals surface area contributed by atoms with Gasteiger partial charge in [0.2, 0.25) is 0 Å². The molecule has 1 aliphatic heterocycles. The van der Waals surface area contributed by atoms with Crippen molar-refractivity contribution in [2.45, 2.75) is 33.6 Å². The van der Waals surface area contributed by atoms with Gasteiger partial charge in [-0.15, -0.1) is 11.3 Å². The largest absolute Gasteiger partial charge is 0.466 e. The highest BCUT2D eigenvalue weighted by atomic mass is 32.1. The molecule has 0 saturated carbocycles. The second-order valence-electron chi connectivity index (χ2n) is 5.94. The third-order valence-electron chi connectivity index (χ3n) is 4.25. The molecule has 6 heteroatoms. The summed E-state index contributed by atoms with van der Waals surface area (Å²) in [6, 6.07) is 2.18. The lowest BCUT2D eigenvalue weighted by Gasteiger charge is -2.23. The van der Waals surface area contributed by atoms with Gasteiger partial charge in [-0.1, -0.05) is 6.92 Å². The summed E-state index contributed by atoms with van der Waals surface area (Å²) >= 11 is 1.72. The normalized spacial score (nSPS) is 21.5. The number of aromatic nitrogens is 2. The van der Waals surface area contributed by atoms with E-state index in [1.165, 1.54) is 4.88 Å². The van der Waals surface area contributed by atoms with Crippen LogP contribution in [-0.2, 0) is 16.0 Å². The quantitative estimate of drug-likeness (QED) is 0.811. The van der Waals surface area contributed by atoms with Crippen molar-refractivity contribution >= 4 is 33.3 Å². The molecular weight excluding hydrogens is 298 g/mol. The van der Waals surface area contributed by atoms with Crippen LogP contribution < -0.4 is 4.90 Å². The molecule has 2 aromatic heterocycles. The summed E-state index contributed by atoms with van der Waals surface area (Å²) in [5.74, 6) is 0.830. The molecule has 0 N–H and O–H groups in total. The van der Waals surface area contributed by atoms with Crippen LogP contribution in [0.15, 0.2) is 12.4 Å². The number of aryl methyl sites for hydroxylation is 1. The topological polar surface area (TPSA) is 55.3 Å². The number of anilines is 1. The number of fused-ring (bicyclic) bond motifs is 1. The van der Waals surface area contributed by atoms with Gasteiger partial charge in [0, 0.05) is 18.0 Å². The number of nitrogens with zero attached hydrogens (tertiary/aromatic N) is 3. The number of hydrogen-bond acceptors (Lipinski definition) is 6. The Morgan fingerprint density at radius 2 is 2.27 bits per heavy atom. The molecule has 3 heterocycles. The SMILES string of the molecule is CCOC(=O)C1(C)CCN(c2ncnc3sc(CC)cc23)C1. The molecule has 0 amide bonds. The fourth-order valence-electron chi connectivity index (χ4n) is 2.93. The molecule has 118 valence electrons. The molecule has 22 heavy (non-hydrogen) atoms. The number of rotatable bonds is 4. The first-order valence-corrected chi connectivity index (χ1v) is 8.54. The molecule has 2 aromatic rings. The summed E-state index contributed by atoms with van der Waals surface area (Å²) in [6.45, 7) is 7.87. The zero-order valence-corrected chi connectivity index (χ0v) is 14.1. The van der Waals surface area contributed by atoms with Crippen LogP contribution in [0.3, 0.4) is 0 Å². The lowest BCUT2D eigenvalue weighted by Crippen LogP contribution is -2.33. The molecule has 1 atom stereocenters. The van der Waals surface area contributed by atoms with E-state index >= 15 is 0 Å². The van der Waals surface area contributed by atoms with E-state index in [9.17, 15) is 4.79 Å². The van der Waals surface area contributed by atoms with E-state index in [0.29, 0.717) is 13.2 Å². The van der Waals surface area contributed by atoms with E-state index in [1.807, 2.05) is 13.8 Å². The fourth-order valence-corrected chi connectivity index (χ4v) is 3.86. The Morgan fingerprint density at radius 3 is 3.00 bits per heavy atom. The van der Waals surface area contributed by atoms with Crippen LogP contribution in [0.1, 0.15) is 32.1 Å². The van der Waals surface area contributed by atoms with Crippen molar-refractivity contribution in [2.75, 3.05) is 24.6 Å². The number of carbonyl (C=O) groups excluding carboxylic acids is 1. The minimum Gasteiger partial charge on any atom is -0.466 e. The summed E-state index contributed by atoms with van der Waals surface area (Å²) in [4.78, 5) is 25.5. The number of ether oxygens (including phenoxy) is 1. The Balaban J connectivity index is 1.90.